The van der Waals surface area contributed by atoms with Crippen molar-refractivity contribution in [3.8, 4) is 11.5 Å². The predicted molar refractivity (Wildman–Crippen MR) is 105 cm³/mol. The predicted octanol–water partition coefficient (Wildman–Crippen LogP) is 3.87. The quantitative estimate of drug-likeness (QED) is 0.495. The number of carbonyl (C=O) groups is 2. The van der Waals surface area contributed by atoms with Crippen LogP contribution in [0.3, 0.4) is 0 Å². The fraction of sp³-hybridized carbons (Fsp3) is 0.273. The standard InChI is InChI=1S/C22H21F2NO5/c1-28-18-13-14(7-11-17(18)29-22(23)24)8-12-19(26)30-20(15-5-3-2-4-6-15)21(27)25-16-9-10-16/h2-8,11-13,16,20,22H,9-10H2,1H3,(H,25,27)/b12-8+/t20-/m1/s1. The first-order valence-electron chi connectivity index (χ1n) is 9.33. The van der Waals surface area contributed by atoms with Gasteiger partial charge in [-0.15, -0.1) is 0 Å². The van der Waals surface area contributed by atoms with Crippen LogP contribution < -0.4 is 14.8 Å². The van der Waals surface area contributed by atoms with Gasteiger partial charge in [0.05, 0.1) is 7.11 Å². The van der Waals surface area contributed by atoms with E-state index in [9.17, 15) is 18.4 Å². The highest BCUT2D eigenvalue weighted by molar-refractivity contribution is 5.91. The number of amides is 1. The molecule has 1 fully saturated rings. The molecular weight excluding hydrogens is 396 g/mol. The average Bonchev–Trinajstić information content (AvgIpc) is 3.55. The lowest BCUT2D eigenvalue weighted by Crippen LogP contribution is -2.33. The molecule has 0 bridgehead atoms. The van der Waals surface area contributed by atoms with Crippen molar-refractivity contribution in [2.24, 2.45) is 0 Å². The van der Waals surface area contributed by atoms with E-state index in [1.54, 1.807) is 30.3 Å². The Balaban J connectivity index is 1.70. The minimum atomic E-state index is -2.98. The molecule has 0 heterocycles. The summed E-state index contributed by atoms with van der Waals surface area (Å²) in [6, 6.07) is 13.1. The van der Waals surface area contributed by atoms with Crippen LogP contribution in [0.25, 0.3) is 6.08 Å². The second-order valence-electron chi connectivity index (χ2n) is 6.63. The summed E-state index contributed by atoms with van der Waals surface area (Å²) in [6.07, 6.45) is 3.34. The van der Waals surface area contributed by atoms with E-state index in [1.165, 1.54) is 31.4 Å². The number of carbonyl (C=O) groups excluding carboxylic acids is 2. The van der Waals surface area contributed by atoms with E-state index in [2.05, 4.69) is 10.1 Å². The Labute approximate surface area is 172 Å². The van der Waals surface area contributed by atoms with Crippen LogP contribution in [0.15, 0.2) is 54.6 Å². The molecule has 0 spiro atoms. The molecule has 1 N–H and O–H groups in total. The molecule has 30 heavy (non-hydrogen) atoms. The molecule has 2 aromatic carbocycles. The SMILES string of the molecule is COc1cc(/C=C/C(=O)O[C@@H](C(=O)NC2CC2)c2ccccc2)ccc1OC(F)F. The van der Waals surface area contributed by atoms with Gasteiger partial charge in [0.15, 0.2) is 11.5 Å². The Hall–Kier alpha value is -3.42. The van der Waals surface area contributed by atoms with E-state index in [-0.39, 0.29) is 23.4 Å². The number of hydrogen-bond donors (Lipinski definition) is 1. The van der Waals surface area contributed by atoms with Gasteiger partial charge in [-0.3, -0.25) is 4.79 Å². The van der Waals surface area contributed by atoms with Gasteiger partial charge in [0.1, 0.15) is 0 Å². The second-order valence-corrected chi connectivity index (χ2v) is 6.63. The number of methoxy groups -OCH3 is 1. The molecule has 1 amide bonds. The summed E-state index contributed by atoms with van der Waals surface area (Å²) in [5.41, 5.74) is 1.07. The number of nitrogens with one attached hydrogen (secondary N) is 1. The van der Waals surface area contributed by atoms with Gasteiger partial charge in [-0.1, -0.05) is 36.4 Å². The summed E-state index contributed by atoms with van der Waals surface area (Å²) < 4.78 is 39.6. The van der Waals surface area contributed by atoms with Crippen molar-refractivity contribution in [1.29, 1.82) is 0 Å². The van der Waals surface area contributed by atoms with Gasteiger partial charge in [-0.2, -0.15) is 8.78 Å². The fourth-order valence-corrected chi connectivity index (χ4v) is 2.71. The number of halogens is 2. The monoisotopic (exact) mass is 417 g/mol. The maximum atomic E-state index is 12.5. The Kier molecular flexibility index (Phi) is 7.00. The molecule has 1 aliphatic carbocycles. The van der Waals surface area contributed by atoms with Crippen molar-refractivity contribution in [3.05, 3.63) is 65.7 Å². The third-order valence-electron chi connectivity index (χ3n) is 4.31. The van der Waals surface area contributed by atoms with Gasteiger partial charge >= 0.3 is 12.6 Å². The smallest absolute Gasteiger partial charge is 0.387 e. The molecule has 0 unspecified atom stereocenters. The van der Waals surface area contributed by atoms with Gasteiger partial charge in [-0.05, 0) is 36.6 Å². The number of benzene rings is 2. The number of hydrogen-bond acceptors (Lipinski definition) is 5. The first-order chi connectivity index (χ1) is 14.5. The van der Waals surface area contributed by atoms with Crippen molar-refractivity contribution in [2.45, 2.75) is 31.6 Å². The number of alkyl halides is 2. The van der Waals surface area contributed by atoms with E-state index in [4.69, 9.17) is 9.47 Å². The Morgan fingerprint density at radius 1 is 1.10 bits per heavy atom. The summed E-state index contributed by atoms with van der Waals surface area (Å²) in [5, 5.41) is 2.84. The molecule has 0 radical (unpaired) electrons. The molecule has 0 aromatic heterocycles. The highest BCUT2D eigenvalue weighted by Crippen LogP contribution is 2.30. The maximum absolute atomic E-state index is 12.5. The highest BCUT2D eigenvalue weighted by Gasteiger charge is 2.30. The van der Waals surface area contributed by atoms with E-state index in [1.807, 2.05) is 0 Å². The minimum Gasteiger partial charge on any atom is -0.493 e. The fourth-order valence-electron chi connectivity index (χ4n) is 2.71. The minimum absolute atomic E-state index is 0.0943. The van der Waals surface area contributed by atoms with Crippen molar-refractivity contribution in [2.75, 3.05) is 7.11 Å². The third kappa shape index (κ3) is 6.04. The lowest BCUT2D eigenvalue weighted by Gasteiger charge is -2.17. The first kappa shape index (κ1) is 21.3. The normalized spacial score (nSPS) is 14.4. The molecule has 2 aromatic rings. The lowest BCUT2D eigenvalue weighted by atomic mass is 10.1. The molecule has 3 rings (SSSR count). The molecule has 158 valence electrons. The van der Waals surface area contributed by atoms with Gasteiger partial charge in [0, 0.05) is 17.7 Å². The van der Waals surface area contributed by atoms with Crippen LogP contribution in [0.5, 0.6) is 11.5 Å². The topological polar surface area (TPSA) is 73.9 Å². The second kappa shape index (κ2) is 9.87. The zero-order valence-electron chi connectivity index (χ0n) is 16.2. The van der Waals surface area contributed by atoms with Gasteiger partial charge in [0.2, 0.25) is 6.10 Å². The first-order valence-corrected chi connectivity index (χ1v) is 9.33. The van der Waals surface area contributed by atoms with Gasteiger partial charge < -0.3 is 19.5 Å². The van der Waals surface area contributed by atoms with E-state index < -0.39 is 18.7 Å². The van der Waals surface area contributed by atoms with E-state index in [0.29, 0.717) is 11.1 Å². The highest BCUT2D eigenvalue weighted by atomic mass is 19.3. The zero-order chi connectivity index (χ0) is 21.5. The van der Waals surface area contributed by atoms with Crippen LogP contribution in [-0.2, 0) is 14.3 Å². The van der Waals surface area contributed by atoms with Crippen molar-refractivity contribution in [3.63, 3.8) is 0 Å². The number of ether oxygens (including phenoxy) is 3. The van der Waals surface area contributed by atoms with Gasteiger partial charge in [-0.25, -0.2) is 4.79 Å². The zero-order valence-corrected chi connectivity index (χ0v) is 16.2. The van der Waals surface area contributed by atoms with E-state index in [0.717, 1.165) is 18.9 Å². The molecule has 8 heteroatoms. The van der Waals surface area contributed by atoms with Crippen molar-refractivity contribution >= 4 is 18.0 Å². The number of esters is 1. The van der Waals surface area contributed by atoms with Crippen LogP contribution in [0, 0.1) is 0 Å². The third-order valence-corrected chi connectivity index (χ3v) is 4.31. The Bertz CT molecular complexity index is 913. The summed E-state index contributed by atoms with van der Waals surface area (Å²) in [5.74, 6) is -1.12. The van der Waals surface area contributed by atoms with Crippen LogP contribution in [0.1, 0.15) is 30.1 Å². The number of rotatable bonds is 9. The summed E-state index contributed by atoms with van der Waals surface area (Å²) >= 11 is 0. The lowest BCUT2D eigenvalue weighted by molar-refractivity contribution is -0.151. The molecule has 6 nitrogen and oxygen atoms in total. The molecule has 0 saturated heterocycles. The van der Waals surface area contributed by atoms with E-state index >= 15 is 0 Å². The van der Waals surface area contributed by atoms with Crippen molar-refractivity contribution in [1.82, 2.24) is 5.32 Å². The maximum Gasteiger partial charge on any atom is 0.387 e. The summed E-state index contributed by atoms with van der Waals surface area (Å²) in [6.45, 7) is -2.98. The van der Waals surface area contributed by atoms with Crippen molar-refractivity contribution < 1.29 is 32.6 Å². The summed E-state index contributed by atoms with van der Waals surface area (Å²) in [7, 11) is 1.32. The van der Waals surface area contributed by atoms with Crippen LogP contribution in [0.4, 0.5) is 8.78 Å². The van der Waals surface area contributed by atoms with Crippen LogP contribution >= 0.6 is 0 Å². The Morgan fingerprint density at radius 3 is 2.47 bits per heavy atom. The molecular formula is C22H21F2NO5. The Morgan fingerprint density at radius 2 is 1.83 bits per heavy atom. The van der Waals surface area contributed by atoms with Crippen LogP contribution in [0.2, 0.25) is 0 Å². The molecule has 1 aliphatic rings. The summed E-state index contributed by atoms with van der Waals surface area (Å²) in [4.78, 5) is 24.8. The average molecular weight is 417 g/mol. The van der Waals surface area contributed by atoms with Crippen LogP contribution in [-0.4, -0.2) is 31.6 Å². The molecule has 1 saturated carbocycles. The van der Waals surface area contributed by atoms with Gasteiger partial charge in [0.25, 0.3) is 5.91 Å². The largest absolute Gasteiger partial charge is 0.493 e. The molecule has 1 atom stereocenters. The molecule has 0 aliphatic heterocycles.